The Morgan fingerprint density at radius 3 is 2.72 bits per heavy atom. The van der Waals surface area contributed by atoms with Gasteiger partial charge in [0.1, 0.15) is 0 Å². The van der Waals surface area contributed by atoms with E-state index in [0.29, 0.717) is 5.54 Å². The highest BCUT2D eigenvalue weighted by Gasteiger charge is 2.46. The highest BCUT2D eigenvalue weighted by atomic mass is 35.5. The molecule has 0 bridgehead atoms. The van der Waals surface area contributed by atoms with Gasteiger partial charge in [-0.15, -0.1) is 0 Å². The van der Waals surface area contributed by atoms with Gasteiger partial charge in [0.2, 0.25) is 0 Å². The Hall–Kier alpha value is -0.570. The van der Waals surface area contributed by atoms with Crippen LogP contribution in [0.1, 0.15) is 25.3 Å². The minimum Gasteiger partial charge on any atom is -0.314 e. The summed E-state index contributed by atoms with van der Waals surface area (Å²) in [5, 5.41) is 4.38. The van der Waals surface area contributed by atoms with Gasteiger partial charge in [0.05, 0.1) is 0 Å². The van der Waals surface area contributed by atoms with E-state index in [0.717, 1.165) is 37.1 Å². The summed E-state index contributed by atoms with van der Waals surface area (Å²) in [6, 6.07) is 8.29. The molecule has 18 heavy (non-hydrogen) atoms. The van der Waals surface area contributed by atoms with Crippen LogP contribution in [0, 0.1) is 5.92 Å². The van der Waals surface area contributed by atoms with Gasteiger partial charge in [-0.2, -0.15) is 0 Å². The monoisotopic (exact) mass is 264 g/mol. The summed E-state index contributed by atoms with van der Waals surface area (Å²) in [7, 11) is 0. The van der Waals surface area contributed by atoms with E-state index in [9.17, 15) is 0 Å². The zero-order chi connectivity index (χ0) is 12.6. The van der Waals surface area contributed by atoms with Crippen molar-refractivity contribution in [1.82, 2.24) is 10.2 Å². The van der Waals surface area contributed by atoms with E-state index in [1.807, 2.05) is 12.1 Å². The SMILES string of the molecule is CC1(C2CC2)CNCCN1Cc1ccc(Cl)cc1. The van der Waals surface area contributed by atoms with Gasteiger partial charge in [-0.3, -0.25) is 4.90 Å². The first-order valence-corrected chi connectivity index (χ1v) is 7.26. The van der Waals surface area contributed by atoms with Crippen LogP contribution in [0.5, 0.6) is 0 Å². The van der Waals surface area contributed by atoms with Gasteiger partial charge in [-0.25, -0.2) is 0 Å². The molecule has 1 saturated carbocycles. The first-order chi connectivity index (χ1) is 8.68. The van der Waals surface area contributed by atoms with Crippen molar-refractivity contribution in [2.24, 2.45) is 5.92 Å². The number of piperazine rings is 1. The molecule has 1 unspecified atom stereocenters. The number of hydrogen-bond donors (Lipinski definition) is 1. The van der Waals surface area contributed by atoms with Crippen LogP contribution in [0.3, 0.4) is 0 Å². The first-order valence-electron chi connectivity index (χ1n) is 6.89. The molecular formula is C15H21ClN2. The summed E-state index contributed by atoms with van der Waals surface area (Å²) in [6.07, 6.45) is 2.80. The van der Waals surface area contributed by atoms with Crippen molar-refractivity contribution in [1.29, 1.82) is 0 Å². The zero-order valence-corrected chi connectivity index (χ0v) is 11.7. The second-order valence-corrected chi connectivity index (χ2v) is 6.29. The lowest BCUT2D eigenvalue weighted by molar-refractivity contribution is 0.0484. The largest absolute Gasteiger partial charge is 0.314 e. The lowest BCUT2D eigenvalue weighted by Crippen LogP contribution is -2.60. The maximum atomic E-state index is 5.95. The van der Waals surface area contributed by atoms with Crippen LogP contribution >= 0.6 is 11.6 Å². The molecule has 1 heterocycles. The van der Waals surface area contributed by atoms with E-state index in [2.05, 4.69) is 29.3 Å². The molecule has 1 N–H and O–H groups in total. The summed E-state index contributed by atoms with van der Waals surface area (Å²) in [5.41, 5.74) is 1.71. The number of benzene rings is 1. The molecule has 0 radical (unpaired) electrons. The van der Waals surface area contributed by atoms with Crippen molar-refractivity contribution in [3.8, 4) is 0 Å². The molecule has 0 spiro atoms. The average molecular weight is 265 g/mol. The van der Waals surface area contributed by atoms with Crippen LogP contribution in [0.25, 0.3) is 0 Å². The predicted molar refractivity (Wildman–Crippen MR) is 75.9 cm³/mol. The Morgan fingerprint density at radius 2 is 2.06 bits per heavy atom. The van der Waals surface area contributed by atoms with Crippen molar-refractivity contribution in [2.45, 2.75) is 31.8 Å². The Bertz CT molecular complexity index is 413. The third kappa shape index (κ3) is 2.42. The van der Waals surface area contributed by atoms with Crippen molar-refractivity contribution >= 4 is 11.6 Å². The Labute approximate surface area is 114 Å². The minimum atomic E-state index is 0.345. The van der Waals surface area contributed by atoms with Gasteiger partial charge in [0, 0.05) is 36.7 Å². The van der Waals surface area contributed by atoms with E-state index >= 15 is 0 Å². The summed E-state index contributed by atoms with van der Waals surface area (Å²) in [5.74, 6) is 0.887. The van der Waals surface area contributed by atoms with Gasteiger partial charge in [0.25, 0.3) is 0 Å². The molecule has 1 aliphatic heterocycles. The van der Waals surface area contributed by atoms with Gasteiger partial charge in [-0.1, -0.05) is 23.7 Å². The Morgan fingerprint density at radius 1 is 1.33 bits per heavy atom. The van der Waals surface area contributed by atoms with Gasteiger partial charge < -0.3 is 5.32 Å². The van der Waals surface area contributed by atoms with Crippen molar-refractivity contribution in [2.75, 3.05) is 19.6 Å². The molecule has 2 aliphatic rings. The van der Waals surface area contributed by atoms with Crippen LogP contribution in [-0.4, -0.2) is 30.1 Å². The molecule has 3 heteroatoms. The fourth-order valence-electron chi connectivity index (χ4n) is 3.10. The zero-order valence-electron chi connectivity index (χ0n) is 11.0. The van der Waals surface area contributed by atoms with Gasteiger partial charge in [0.15, 0.2) is 0 Å². The molecule has 3 rings (SSSR count). The number of rotatable bonds is 3. The highest BCUT2D eigenvalue weighted by molar-refractivity contribution is 6.30. The quantitative estimate of drug-likeness (QED) is 0.903. The summed E-state index contributed by atoms with van der Waals surface area (Å²) < 4.78 is 0. The second-order valence-electron chi connectivity index (χ2n) is 5.86. The van der Waals surface area contributed by atoms with Crippen LogP contribution in [-0.2, 0) is 6.54 Å². The molecule has 1 atom stereocenters. The Kier molecular flexibility index (Phi) is 3.35. The van der Waals surface area contributed by atoms with Gasteiger partial charge >= 0.3 is 0 Å². The number of halogens is 1. The third-order valence-electron chi connectivity index (χ3n) is 4.51. The Balaban J connectivity index is 1.75. The molecule has 0 amide bonds. The van der Waals surface area contributed by atoms with E-state index in [1.165, 1.54) is 18.4 Å². The summed E-state index contributed by atoms with van der Waals surface area (Å²) >= 11 is 5.95. The number of nitrogens with one attached hydrogen (secondary N) is 1. The van der Waals surface area contributed by atoms with Crippen molar-refractivity contribution < 1.29 is 0 Å². The smallest absolute Gasteiger partial charge is 0.0406 e. The van der Waals surface area contributed by atoms with Crippen molar-refractivity contribution in [3.05, 3.63) is 34.9 Å². The molecule has 1 aromatic carbocycles. The second kappa shape index (κ2) is 4.84. The lowest BCUT2D eigenvalue weighted by Gasteiger charge is -2.46. The van der Waals surface area contributed by atoms with Crippen LogP contribution in [0.15, 0.2) is 24.3 Å². The molecular weight excluding hydrogens is 244 g/mol. The fourth-order valence-corrected chi connectivity index (χ4v) is 3.23. The summed E-state index contributed by atoms with van der Waals surface area (Å²) in [6.45, 7) is 6.86. The van der Waals surface area contributed by atoms with E-state index in [-0.39, 0.29) is 0 Å². The van der Waals surface area contributed by atoms with E-state index in [1.54, 1.807) is 0 Å². The first kappa shape index (κ1) is 12.5. The molecule has 98 valence electrons. The van der Waals surface area contributed by atoms with E-state index in [4.69, 9.17) is 11.6 Å². The number of hydrogen-bond acceptors (Lipinski definition) is 2. The standard InChI is InChI=1S/C15H21ClN2/c1-15(13-4-5-13)11-17-8-9-18(15)10-12-2-6-14(16)7-3-12/h2-3,6-7,13,17H,4-5,8-11H2,1H3. The lowest BCUT2D eigenvalue weighted by atomic mass is 9.90. The van der Waals surface area contributed by atoms with E-state index < -0.39 is 0 Å². The molecule has 1 aromatic rings. The normalized spacial score (nSPS) is 29.4. The highest BCUT2D eigenvalue weighted by Crippen LogP contribution is 2.43. The van der Waals surface area contributed by atoms with Crippen LogP contribution in [0.4, 0.5) is 0 Å². The predicted octanol–water partition coefficient (Wildman–Crippen LogP) is 2.91. The molecule has 2 fully saturated rings. The molecule has 1 saturated heterocycles. The molecule has 0 aromatic heterocycles. The maximum Gasteiger partial charge on any atom is 0.0406 e. The van der Waals surface area contributed by atoms with Crippen molar-refractivity contribution in [3.63, 3.8) is 0 Å². The number of nitrogens with zero attached hydrogens (tertiary/aromatic N) is 1. The van der Waals surface area contributed by atoms with Gasteiger partial charge in [-0.05, 0) is 43.4 Å². The topological polar surface area (TPSA) is 15.3 Å². The van der Waals surface area contributed by atoms with Crippen LogP contribution in [0.2, 0.25) is 5.02 Å². The summed E-state index contributed by atoms with van der Waals surface area (Å²) in [4.78, 5) is 2.66. The molecule has 1 aliphatic carbocycles. The molecule has 2 nitrogen and oxygen atoms in total. The minimum absolute atomic E-state index is 0.345. The third-order valence-corrected chi connectivity index (χ3v) is 4.76. The average Bonchev–Trinajstić information content (AvgIpc) is 3.19. The maximum absolute atomic E-state index is 5.95. The van der Waals surface area contributed by atoms with Crippen LogP contribution < -0.4 is 5.32 Å². The fraction of sp³-hybridized carbons (Fsp3) is 0.600.